The number of nitrogens with zero attached hydrogens (tertiary/aromatic N) is 2. The third kappa shape index (κ3) is 3.84. The Morgan fingerprint density at radius 1 is 1.43 bits per heavy atom. The molecule has 2 aromatic rings. The summed E-state index contributed by atoms with van der Waals surface area (Å²) in [5.41, 5.74) is 0.347. The number of aromatic nitrogens is 1. The van der Waals surface area contributed by atoms with E-state index in [1.165, 1.54) is 30.5 Å². The molecule has 0 saturated carbocycles. The van der Waals surface area contributed by atoms with Gasteiger partial charge in [-0.25, -0.2) is 0 Å². The Hall–Kier alpha value is -3.27. The average molecular weight is 284 g/mol. The molecule has 1 aromatic heterocycles. The van der Waals surface area contributed by atoms with Crippen LogP contribution in [0.2, 0.25) is 0 Å². The van der Waals surface area contributed by atoms with Crippen LogP contribution in [-0.4, -0.2) is 16.2 Å². The normalized spacial score (nSPS) is 10.8. The van der Waals surface area contributed by atoms with Crippen molar-refractivity contribution in [2.45, 2.75) is 6.92 Å². The van der Waals surface area contributed by atoms with E-state index in [9.17, 15) is 4.79 Å². The molecule has 0 fully saturated rings. The Labute approximate surface area is 120 Å². The van der Waals surface area contributed by atoms with E-state index in [1.807, 2.05) is 0 Å². The number of rotatable bonds is 4. The minimum absolute atomic E-state index is 0.0899. The standard InChI is InChI=1S/C14H12N4O3/c1-9-6-13(18-21-9)16-8-10(7-15)14(20)17-11-2-4-12(19)5-3-11/h2-6,8,19H,1H3,(H,16,18)(H,17,20)/b10-8-. The Kier molecular flexibility index (Phi) is 4.21. The molecule has 1 heterocycles. The molecule has 7 nitrogen and oxygen atoms in total. The van der Waals surface area contributed by atoms with Crippen LogP contribution in [-0.2, 0) is 4.79 Å². The van der Waals surface area contributed by atoms with E-state index in [-0.39, 0.29) is 11.3 Å². The highest BCUT2D eigenvalue weighted by Gasteiger charge is 2.09. The molecular formula is C14H12N4O3. The lowest BCUT2D eigenvalue weighted by Crippen LogP contribution is -2.14. The van der Waals surface area contributed by atoms with E-state index in [0.29, 0.717) is 17.3 Å². The van der Waals surface area contributed by atoms with Gasteiger partial charge < -0.3 is 20.3 Å². The van der Waals surface area contributed by atoms with Crippen molar-refractivity contribution in [3.63, 3.8) is 0 Å². The van der Waals surface area contributed by atoms with Crippen molar-refractivity contribution in [2.24, 2.45) is 0 Å². The summed E-state index contributed by atoms with van der Waals surface area (Å²) in [4.78, 5) is 11.9. The fourth-order valence-electron chi connectivity index (χ4n) is 1.47. The number of aromatic hydroxyl groups is 1. The SMILES string of the molecule is Cc1cc(N/C=C(/C#N)C(=O)Nc2ccc(O)cc2)no1. The number of anilines is 2. The molecule has 1 aromatic carbocycles. The van der Waals surface area contributed by atoms with Crippen LogP contribution in [0, 0.1) is 18.3 Å². The molecule has 21 heavy (non-hydrogen) atoms. The van der Waals surface area contributed by atoms with Gasteiger partial charge in [-0.3, -0.25) is 4.79 Å². The summed E-state index contributed by atoms with van der Waals surface area (Å²) in [6.45, 7) is 1.73. The van der Waals surface area contributed by atoms with Gasteiger partial charge >= 0.3 is 0 Å². The van der Waals surface area contributed by atoms with Crippen LogP contribution in [0.4, 0.5) is 11.5 Å². The van der Waals surface area contributed by atoms with E-state index in [4.69, 9.17) is 14.9 Å². The predicted molar refractivity (Wildman–Crippen MR) is 75.3 cm³/mol. The third-order valence-electron chi connectivity index (χ3n) is 2.48. The fourth-order valence-corrected chi connectivity index (χ4v) is 1.47. The summed E-state index contributed by atoms with van der Waals surface area (Å²) < 4.78 is 4.85. The van der Waals surface area contributed by atoms with E-state index in [2.05, 4.69) is 15.8 Å². The average Bonchev–Trinajstić information content (AvgIpc) is 2.88. The first kappa shape index (κ1) is 14.1. The van der Waals surface area contributed by atoms with Crippen LogP contribution in [0.1, 0.15) is 5.76 Å². The molecule has 0 saturated heterocycles. The first-order valence-corrected chi connectivity index (χ1v) is 5.99. The molecule has 0 bridgehead atoms. The molecule has 0 aliphatic heterocycles. The number of nitrogens with one attached hydrogen (secondary N) is 2. The van der Waals surface area contributed by atoms with Gasteiger partial charge in [-0.15, -0.1) is 0 Å². The molecule has 3 N–H and O–H groups in total. The highest BCUT2D eigenvalue weighted by molar-refractivity contribution is 6.06. The number of hydrogen-bond donors (Lipinski definition) is 3. The maximum absolute atomic E-state index is 11.9. The molecule has 0 spiro atoms. The molecule has 7 heteroatoms. The van der Waals surface area contributed by atoms with Crippen molar-refractivity contribution in [3.8, 4) is 11.8 Å². The molecule has 0 unspecified atom stereocenters. The van der Waals surface area contributed by atoms with Crippen LogP contribution < -0.4 is 10.6 Å². The molecule has 0 aliphatic rings. The topological polar surface area (TPSA) is 111 Å². The molecule has 0 radical (unpaired) electrons. The Morgan fingerprint density at radius 3 is 2.71 bits per heavy atom. The van der Waals surface area contributed by atoms with E-state index in [1.54, 1.807) is 19.1 Å². The maximum Gasteiger partial charge on any atom is 0.267 e. The lowest BCUT2D eigenvalue weighted by Gasteiger charge is -2.04. The molecule has 2 rings (SSSR count). The van der Waals surface area contributed by atoms with Crippen molar-refractivity contribution < 1.29 is 14.4 Å². The largest absolute Gasteiger partial charge is 0.508 e. The Balaban J connectivity index is 2.04. The first-order valence-electron chi connectivity index (χ1n) is 5.99. The number of benzene rings is 1. The lowest BCUT2D eigenvalue weighted by molar-refractivity contribution is -0.112. The highest BCUT2D eigenvalue weighted by atomic mass is 16.5. The van der Waals surface area contributed by atoms with Gasteiger partial charge in [-0.2, -0.15) is 5.26 Å². The lowest BCUT2D eigenvalue weighted by atomic mass is 10.2. The van der Waals surface area contributed by atoms with Crippen molar-refractivity contribution in [1.29, 1.82) is 5.26 Å². The number of aryl methyl sites for hydroxylation is 1. The summed E-state index contributed by atoms with van der Waals surface area (Å²) in [5, 5.41) is 27.1. The number of amides is 1. The Bertz CT molecular complexity index is 711. The van der Waals surface area contributed by atoms with Gasteiger partial charge in [0.25, 0.3) is 5.91 Å². The number of hydrogen-bond acceptors (Lipinski definition) is 6. The number of carbonyl (C=O) groups excluding carboxylic acids is 1. The van der Waals surface area contributed by atoms with Gasteiger partial charge in [0.2, 0.25) is 0 Å². The summed E-state index contributed by atoms with van der Waals surface area (Å²) in [7, 11) is 0. The monoisotopic (exact) mass is 284 g/mol. The highest BCUT2D eigenvalue weighted by Crippen LogP contribution is 2.14. The predicted octanol–water partition coefficient (Wildman–Crippen LogP) is 2.15. The minimum atomic E-state index is -0.573. The molecule has 0 atom stereocenters. The summed E-state index contributed by atoms with van der Waals surface area (Å²) in [5.74, 6) is 0.527. The number of carbonyl (C=O) groups is 1. The summed E-state index contributed by atoms with van der Waals surface area (Å²) in [6.07, 6.45) is 1.24. The zero-order chi connectivity index (χ0) is 15.2. The van der Waals surface area contributed by atoms with E-state index in [0.717, 1.165) is 0 Å². The van der Waals surface area contributed by atoms with Gasteiger partial charge in [0.1, 0.15) is 23.2 Å². The fraction of sp³-hybridized carbons (Fsp3) is 0.0714. The number of phenolic OH excluding ortho intramolecular Hbond substituents is 1. The second-order valence-electron chi connectivity index (χ2n) is 4.14. The third-order valence-corrected chi connectivity index (χ3v) is 2.48. The van der Waals surface area contributed by atoms with Gasteiger partial charge in [-0.05, 0) is 31.2 Å². The zero-order valence-electron chi connectivity index (χ0n) is 11.1. The van der Waals surface area contributed by atoms with Crippen molar-refractivity contribution in [3.05, 3.63) is 47.9 Å². The summed E-state index contributed by atoms with van der Waals surface area (Å²) >= 11 is 0. The maximum atomic E-state index is 11.9. The molecular weight excluding hydrogens is 272 g/mol. The molecule has 1 amide bonds. The van der Waals surface area contributed by atoms with Crippen LogP contribution in [0.3, 0.4) is 0 Å². The quantitative estimate of drug-likeness (QED) is 0.450. The second kappa shape index (κ2) is 6.25. The van der Waals surface area contributed by atoms with Gasteiger partial charge in [0, 0.05) is 18.0 Å². The van der Waals surface area contributed by atoms with Crippen LogP contribution in [0.5, 0.6) is 5.75 Å². The summed E-state index contributed by atoms with van der Waals surface area (Å²) in [6, 6.07) is 9.33. The van der Waals surface area contributed by atoms with Crippen molar-refractivity contribution in [2.75, 3.05) is 10.6 Å². The van der Waals surface area contributed by atoms with Gasteiger partial charge in [-0.1, -0.05) is 5.16 Å². The van der Waals surface area contributed by atoms with Crippen molar-refractivity contribution in [1.82, 2.24) is 5.16 Å². The molecule has 106 valence electrons. The van der Waals surface area contributed by atoms with Crippen LogP contribution in [0.15, 0.2) is 46.6 Å². The van der Waals surface area contributed by atoms with Crippen molar-refractivity contribution >= 4 is 17.4 Å². The Morgan fingerprint density at radius 2 is 2.14 bits per heavy atom. The zero-order valence-corrected chi connectivity index (χ0v) is 11.1. The second-order valence-corrected chi connectivity index (χ2v) is 4.14. The minimum Gasteiger partial charge on any atom is -0.508 e. The smallest absolute Gasteiger partial charge is 0.267 e. The molecule has 0 aliphatic carbocycles. The van der Waals surface area contributed by atoms with Crippen LogP contribution >= 0.6 is 0 Å². The number of nitriles is 1. The van der Waals surface area contributed by atoms with Gasteiger partial charge in [0.05, 0.1) is 0 Å². The first-order chi connectivity index (χ1) is 10.1. The van der Waals surface area contributed by atoms with Gasteiger partial charge in [0.15, 0.2) is 5.82 Å². The van der Waals surface area contributed by atoms with Crippen LogP contribution in [0.25, 0.3) is 0 Å². The number of phenols is 1. The van der Waals surface area contributed by atoms with E-state index < -0.39 is 5.91 Å². The van der Waals surface area contributed by atoms with E-state index >= 15 is 0 Å².